The summed E-state index contributed by atoms with van der Waals surface area (Å²) in [5.41, 5.74) is 2.70. The number of amides is 1. The first-order valence-corrected chi connectivity index (χ1v) is 10.0. The second-order valence-corrected chi connectivity index (χ2v) is 7.65. The maximum absolute atomic E-state index is 12.8. The number of aromatic nitrogens is 1. The number of oxazole rings is 1. The summed E-state index contributed by atoms with van der Waals surface area (Å²) in [6.07, 6.45) is 2.95. The molecular weight excluding hydrogens is 348 g/mol. The number of fused-ring (bicyclic) bond motifs is 2. The minimum absolute atomic E-state index is 0.176. The topological polar surface area (TPSA) is 55.5 Å². The lowest BCUT2D eigenvalue weighted by atomic mass is 9.97. The molecular formula is C20H22N2O3S. The Morgan fingerprint density at radius 2 is 2.15 bits per heavy atom. The highest BCUT2D eigenvalue weighted by atomic mass is 32.1. The van der Waals surface area contributed by atoms with Crippen LogP contribution in [0.25, 0.3) is 11.1 Å². The molecule has 1 aliphatic rings. The second kappa shape index (κ2) is 7.11. The molecule has 0 saturated carbocycles. The maximum Gasteiger partial charge on any atom is 0.419 e. The lowest BCUT2D eigenvalue weighted by Crippen LogP contribution is -2.39. The van der Waals surface area contributed by atoms with E-state index in [0.29, 0.717) is 25.0 Å². The van der Waals surface area contributed by atoms with E-state index in [0.717, 1.165) is 24.9 Å². The Morgan fingerprint density at radius 3 is 3.00 bits per heavy atom. The van der Waals surface area contributed by atoms with Gasteiger partial charge in [-0.3, -0.25) is 9.36 Å². The highest BCUT2D eigenvalue weighted by Gasteiger charge is 2.29. The largest absolute Gasteiger partial charge is 0.419 e. The predicted octanol–water partition coefficient (Wildman–Crippen LogP) is 3.97. The molecule has 1 aromatic carbocycles. The van der Waals surface area contributed by atoms with Crippen molar-refractivity contribution in [3.63, 3.8) is 0 Å². The first-order valence-electron chi connectivity index (χ1n) is 9.13. The van der Waals surface area contributed by atoms with Crippen LogP contribution in [0.4, 0.5) is 0 Å². The fraction of sp³-hybridized carbons (Fsp3) is 0.400. The van der Waals surface area contributed by atoms with Crippen LogP contribution in [0.5, 0.6) is 0 Å². The quantitative estimate of drug-likeness (QED) is 0.683. The minimum Gasteiger partial charge on any atom is -0.408 e. The molecule has 5 nitrogen and oxygen atoms in total. The smallest absolute Gasteiger partial charge is 0.408 e. The van der Waals surface area contributed by atoms with Gasteiger partial charge in [0, 0.05) is 24.4 Å². The summed E-state index contributed by atoms with van der Waals surface area (Å²) in [4.78, 5) is 28.3. The number of benzene rings is 1. The van der Waals surface area contributed by atoms with Crippen molar-refractivity contribution in [2.75, 3.05) is 6.54 Å². The molecule has 6 heteroatoms. The molecule has 0 radical (unpaired) electrons. The third-order valence-electron chi connectivity index (χ3n) is 5.15. The fourth-order valence-corrected chi connectivity index (χ4v) is 4.82. The van der Waals surface area contributed by atoms with Crippen LogP contribution in [-0.2, 0) is 17.8 Å². The summed E-state index contributed by atoms with van der Waals surface area (Å²) in [6.45, 7) is 3.42. The van der Waals surface area contributed by atoms with Crippen LogP contribution in [-0.4, -0.2) is 21.9 Å². The lowest BCUT2D eigenvalue weighted by molar-refractivity contribution is -0.134. The molecule has 3 aromatic rings. The number of para-hydroxylation sites is 2. The third kappa shape index (κ3) is 2.98. The van der Waals surface area contributed by atoms with Gasteiger partial charge in [-0.15, -0.1) is 11.3 Å². The van der Waals surface area contributed by atoms with Gasteiger partial charge in [0.2, 0.25) is 5.91 Å². The number of carbonyl (C=O) groups is 1. The van der Waals surface area contributed by atoms with E-state index in [9.17, 15) is 9.59 Å². The average Bonchev–Trinajstić information content (AvgIpc) is 3.25. The number of carbonyl (C=O) groups excluding carboxylic acids is 1. The molecule has 3 heterocycles. The van der Waals surface area contributed by atoms with Gasteiger partial charge in [-0.1, -0.05) is 19.1 Å². The zero-order valence-electron chi connectivity index (χ0n) is 14.8. The summed E-state index contributed by atoms with van der Waals surface area (Å²) >= 11 is 1.79. The first kappa shape index (κ1) is 17.1. The number of rotatable bonds is 5. The van der Waals surface area contributed by atoms with E-state index in [1.54, 1.807) is 22.0 Å². The van der Waals surface area contributed by atoms with Crippen LogP contribution in [0.1, 0.15) is 42.7 Å². The van der Waals surface area contributed by atoms with Crippen LogP contribution in [0.2, 0.25) is 0 Å². The van der Waals surface area contributed by atoms with E-state index >= 15 is 0 Å². The van der Waals surface area contributed by atoms with E-state index in [2.05, 4.69) is 18.4 Å². The van der Waals surface area contributed by atoms with E-state index in [1.807, 2.05) is 23.1 Å². The van der Waals surface area contributed by atoms with Gasteiger partial charge in [0.1, 0.15) is 0 Å². The molecule has 0 aliphatic carbocycles. The van der Waals surface area contributed by atoms with Crippen LogP contribution in [0, 0.1) is 0 Å². The van der Waals surface area contributed by atoms with Gasteiger partial charge in [0.15, 0.2) is 5.58 Å². The summed E-state index contributed by atoms with van der Waals surface area (Å²) < 4.78 is 6.87. The van der Waals surface area contributed by atoms with Crippen LogP contribution in [0.3, 0.4) is 0 Å². The van der Waals surface area contributed by atoms with Crippen molar-refractivity contribution in [1.29, 1.82) is 0 Å². The highest BCUT2D eigenvalue weighted by molar-refractivity contribution is 7.10. The summed E-state index contributed by atoms with van der Waals surface area (Å²) in [6, 6.07) is 9.74. The summed E-state index contributed by atoms with van der Waals surface area (Å²) in [7, 11) is 0. The average molecular weight is 370 g/mol. The van der Waals surface area contributed by atoms with Crippen molar-refractivity contribution in [3.05, 3.63) is 56.7 Å². The Kier molecular flexibility index (Phi) is 4.68. The molecule has 0 fully saturated rings. The van der Waals surface area contributed by atoms with Crippen molar-refractivity contribution in [1.82, 2.24) is 9.47 Å². The Morgan fingerprint density at radius 1 is 1.31 bits per heavy atom. The number of hydrogen-bond acceptors (Lipinski definition) is 4. The van der Waals surface area contributed by atoms with Crippen molar-refractivity contribution >= 4 is 28.3 Å². The van der Waals surface area contributed by atoms with E-state index in [4.69, 9.17) is 4.42 Å². The molecule has 26 heavy (non-hydrogen) atoms. The van der Waals surface area contributed by atoms with Gasteiger partial charge in [-0.25, -0.2) is 4.79 Å². The molecule has 0 bridgehead atoms. The van der Waals surface area contributed by atoms with Crippen molar-refractivity contribution < 1.29 is 9.21 Å². The molecule has 0 saturated heterocycles. The lowest BCUT2D eigenvalue weighted by Gasteiger charge is -2.35. The molecule has 1 atom stereocenters. The Hall–Kier alpha value is -2.34. The summed E-state index contributed by atoms with van der Waals surface area (Å²) in [5.74, 6) is -0.180. The second-order valence-electron chi connectivity index (χ2n) is 6.65. The van der Waals surface area contributed by atoms with Gasteiger partial charge in [-0.2, -0.15) is 0 Å². The number of nitrogens with zero attached hydrogens (tertiary/aromatic N) is 2. The molecule has 2 aromatic heterocycles. The van der Waals surface area contributed by atoms with Crippen LogP contribution in [0.15, 0.2) is 44.9 Å². The zero-order chi connectivity index (χ0) is 18.1. The van der Waals surface area contributed by atoms with E-state index < -0.39 is 0 Å². The molecule has 1 amide bonds. The van der Waals surface area contributed by atoms with Crippen LogP contribution < -0.4 is 5.76 Å². The number of thiophene rings is 1. The van der Waals surface area contributed by atoms with Gasteiger partial charge in [-0.05, 0) is 48.4 Å². The molecule has 0 spiro atoms. The molecule has 4 rings (SSSR count). The first-order chi connectivity index (χ1) is 12.7. The van der Waals surface area contributed by atoms with E-state index in [-0.39, 0.29) is 17.7 Å². The minimum atomic E-state index is -0.356. The Balaban J connectivity index is 1.43. The number of aryl methyl sites for hydroxylation is 1. The molecule has 136 valence electrons. The van der Waals surface area contributed by atoms with Crippen molar-refractivity contribution in [2.24, 2.45) is 0 Å². The standard InChI is InChI=1S/C20H22N2O3S/c1-2-15-14-10-13-26-18(14)9-12-21(15)19(23)8-5-11-22-16-6-3-4-7-17(16)25-20(22)24/h3-4,6-7,10,13,15H,2,5,8-9,11-12H2,1H3. The Bertz CT molecular complexity index is 984. The van der Waals surface area contributed by atoms with Crippen molar-refractivity contribution in [2.45, 2.75) is 45.2 Å². The van der Waals surface area contributed by atoms with Crippen LogP contribution >= 0.6 is 11.3 Å². The predicted molar refractivity (Wildman–Crippen MR) is 102 cm³/mol. The molecule has 1 aliphatic heterocycles. The van der Waals surface area contributed by atoms with Gasteiger partial charge >= 0.3 is 5.76 Å². The van der Waals surface area contributed by atoms with Gasteiger partial charge < -0.3 is 9.32 Å². The highest BCUT2D eigenvalue weighted by Crippen LogP contribution is 2.35. The summed E-state index contributed by atoms with van der Waals surface area (Å²) in [5, 5.41) is 2.12. The van der Waals surface area contributed by atoms with E-state index in [1.165, 1.54) is 10.4 Å². The SMILES string of the molecule is CCC1c2ccsc2CCN1C(=O)CCCn1c(=O)oc2ccccc21. The van der Waals surface area contributed by atoms with Gasteiger partial charge in [0.25, 0.3) is 0 Å². The third-order valence-corrected chi connectivity index (χ3v) is 6.14. The molecule has 1 unspecified atom stereocenters. The maximum atomic E-state index is 12.8. The fourth-order valence-electron chi connectivity index (χ4n) is 3.89. The zero-order valence-corrected chi connectivity index (χ0v) is 15.6. The Labute approximate surface area is 155 Å². The van der Waals surface area contributed by atoms with Gasteiger partial charge in [0.05, 0.1) is 11.6 Å². The monoisotopic (exact) mass is 370 g/mol. The number of hydrogen-bond donors (Lipinski definition) is 0. The molecule has 0 N–H and O–H groups in total. The normalized spacial score (nSPS) is 16.8. The van der Waals surface area contributed by atoms with Crippen molar-refractivity contribution in [3.8, 4) is 0 Å².